The highest BCUT2D eigenvalue weighted by molar-refractivity contribution is 6.03. The Balaban J connectivity index is 1.76. The first-order chi connectivity index (χ1) is 17.5. The van der Waals surface area contributed by atoms with E-state index in [9.17, 15) is 8.78 Å². The number of pyridine rings is 1. The SMILES string of the molecule is COc1cc(F)cc(-c2cnc3ccc(-c4cccc(F)c4C=NO)cc3c2N2CCC(N)CC2)c1. The van der Waals surface area contributed by atoms with Crippen LogP contribution in [0.25, 0.3) is 33.2 Å². The van der Waals surface area contributed by atoms with E-state index in [1.165, 1.54) is 25.3 Å². The van der Waals surface area contributed by atoms with Gasteiger partial charge in [0.25, 0.3) is 0 Å². The van der Waals surface area contributed by atoms with Gasteiger partial charge < -0.3 is 20.6 Å². The van der Waals surface area contributed by atoms with Crippen molar-refractivity contribution in [3.8, 4) is 28.0 Å². The molecule has 0 saturated carbocycles. The van der Waals surface area contributed by atoms with Crippen LogP contribution in [-0.2, 0) is 0 Å². The molecule has 36 heavy (non-hydrogen) atoms. The van der Waals surface area contributed by atoms with Gasteiger partial charge in [0, 0.05) is 47.9 Å². The maximum atomic E-state index is 14.6. The van der Waals surface area contributed by atoms with E-state index in [1.54, 1.807) is 24.4 Å². The van der Waals surface area contributed by atoms with Crippen LogP contribution in [0.15, 0.2) is 65.9 Å². The molecule has 1 aliphatic heterocycles. The zero-order valence-electron chi connectivity index (χ0n) is 19.8. The number of hydrogen-bond donors (Lipinski definition) is 2. The summed E-state index contributed by atoms with van der Waals surface area (Å²) in [6.45, 7) is 1.48. The molecule has 1 aliphatic rings. The fourth-order valence-electron chi connectivity index (χ4n) is 4.83. The largest absolute Gasteiger partial charge is 0.497 e. The second kappa shape index (κ2) is 9.91. The zero-order chi connectivity index (χ0) is 25.2. The Kier molecular flexibility index (Phi) is 6.52. The number of halogens is 2. The number of hydrogen-bond acceptors (Lipinski definition) is 6. The van der Waals surface area contributed by atoms with Gasteiger partial charge in [0.1, 0.15) is 17.4 Å². The standard InChI is InChI=1S/C28H26F2N4O2/c1-36-21-12-18(11-19(29)14-21)24-15-32-27-6-5-17(22-3-2-4-26(30)25(22)16-33-35)13-23(27)28(24)34-9-7-20(31)8-10-34/h2-6,11-16,20,35H,7-10,31H2,1H3. The molecular weight excluding hydrogens is 462 g/mol. The summed E-state index contributed by atoms with van der Waals surface area (Å²) in [6.07, 6.45) is 4.51. The van der Waals surface area contributed by atoms with Crippen LogP contribution in [0.2, 0.25) is 0 Å². The van der Waals surface area contributed by atoms with Gasteiger partial charge in [0.15, 0.2) is 0 Å². The smallest absolute Gasteiger partial charge is 0.132 e. The van der Waals surface area contributed by atoms with E-state index in [0.29, 0.717) is 16.9 Å². The predicted octanol–water partition coefficient (Wildman–Crippen LogP) is 5.59. The number of benzene rings is 3. The molecule has 184 valence electrons. The second-order valence-corrected chi connectivity index (χ2v) is 8.90. The molecule has 0 bridgehead atoms. The topological polar surface area (TPSA) is 84.0 Å². The van der Waals surface area contributed by atoms with Crippen molar-refractivity contribution in [2.75, 3.05) is 25.1 Å². The highest BCUT2D eigenvalue weighted by Gasteiger charge is 2.23. The maximum Gasteiger partial charge on any atom is 0.132 e. The van der Waals surface area contributed by atoms with Gasteiger partial charge in [-0.1, -0.05) is 23.4 Å². The van der Waals surface area contributed by atoms with Crippen LogP contribution in [0.3, 0.4) is 0 Å². The molecule has 1 aromatic heterocycles. The van der Waals surface area contributed by atoms with Gasteiger partial charge in [-0.05, 0) is 59.9 Å². The lowest BCUT2D eigenvalue weighted by Crippen LogP contribution is -2.40. The Morgan fingerprint density at radius 1 is 1.06 bits per heavy atom. The summed E-state index contributed by atoms with van der Waals surface area (Å²) in [7, 11) is 1.50. The van der Waals surface area contributed by atoms with Crippen LogP contribution in [0.4, 0.5) is 14.5 Å². The van der Waals surface area contributed by atoms with Gasteiger partial charge in [-0.15, -0.1) is 0 Å². The molecule has 1 fully saturated rings. The third-order valence-corrected chi connectivity index (χ3v) is 6.66. The van der Waals surface area contributed by atoms with Crippen LogP contribution in [0.1, 0.15) is 18.4 Å². The van der Waals surface area contributed by atoms with Gasteiger partial charge >= 0.3 is 0 Å². The van der Waals surface area contributed by atoms with E-state index in [2.05, 4.69) is 15.0 Å². The highest BCUT2D eigenvalue weighted by Crippen LogP contribution is 2.40. The summed E-state index contributed by atoms with van der Waals surface area (Å²) in [5, 5.41) is 13.0. The number of aromatic nitrogens is 1. The minimum atomic E-state index is -0.491. The molecule has 5 rings (SSSR count). The number of rotatable bonds is 5. The van der Waals surface area contributed by atoms with E-state index in [0.717, 1.165) is 59.9 Å². The molecule has 4 aromatic rings. The van der Waals surface area contributed by atoms with Crippen molar-refractivity contribution in [2.45, 2.75) is 18.9 Å². The van der Waals surface area contributed by atoms with Gasteiger partial charge in [-0.25, -0.2) is 8.78 Å². The number of methoxy groups -OCH3 is 1. The number of nitrogens with zero attached hydrogens (tertiary/aromatic N) is 3. The number of anilines is 1. The molecule has 6 nitrogen and oxygen atoms in total. The Bertz CT molecular complexity index is 1450. The third-order valence-electron chi connectivity index (χ3n) is 6.66. The molecule has 1 saturated heterocycles. The third kappa shape index (κ3) is 4.47. The summed E-state index contributed by atoms with van der Waals surface area (Å²) in [6, 6.07) is 15.1. The van der Waals surface area contributed by atoms with E-state index in [4.69, 9.17) is 15.7 Å². The molecule has 0 radical (unpaired) electrons. The molecule has 3 N–H and O–H groups in total. The molecule has 2 heterocycles. The molecule has 0 unspecified atom stereocenters. The van der Waals surface area contributed by atoms with Crippen molar-refractivity contribution in [3.63, 3.8) is 0 Å². The molecular formula is C28H26F2N4O2. The highest BCUT2D eigenvalue weighted by atomic mass is 19.1. The van der Waals surface area contributed by atoms with Gasteiger partial charge in [-0.3, -0.25) is 4.98 Å². The lowest BCUT2D eigenvalue weighted by molar-refractivity contribution is 0.321. The monoisotopic (exact) mass is 488 g/mol. The van der Waals surface area contributed by atoms with E-state index < -0.39 is 11.6 Å². The van der Waals surface area contributed by atoms with Crippen LogP contribution in [0, 0.1) is 11.6 Å². The number of nitrogens with two attached hydrogens (primary N) is 1. The van der Waals surface area contributed by atoms with E-state index >= 15 is 0 Å². The first-order valence-electron chi connectivity index (χ1n) is 11.7. The number of oxime groups is 1. The molecule has 0 spiro atoms. The van der Waals surface area contributed by atoms with Crippen molar-refractivity contribution >= 4 is 22.8 Å². The first kappa shape index (κ1) is 23.7. The van der Waals surface area contributed by atoms with Crippen molar-refractivity contribution in [1.82, 2.24) is 4.98 Å². The van der Waals surface area contributed by atoms with Crippen LogP contribution < -0.4 is 15.4 Å². The van der Waals surface area contributed by atoms with Crippen molar-refractivity contribution in [2.24, 2.45) is 10.9 Å². The molecule has 0 aliphatic carbocycles. The lowest BCUT2D eigenvalue weighted by atomic mass is 9.94. The second-order valence-electron chi connectivity index (χ2n) is 8.90. The minimum Gasteiger partial charge on any atom is -0.497 e. The summed E-state index contributed by atoms with van der Waals surface area (Å²) >= 11 is 0. The molecule has 3 aromatic carbocycles. The normalized spacial score (nSPS) is 14.6. The molecule has 0 amide bonds. The first-order valence-corrected chi connectivity index (χ1v) is 11.7. The minimum absolute atomic E-state index is 0.134. The van der Waals surface area contributed by atoms with Crippen LogP contribution in [0.5, 0.6) is 5.75 Å². The lowest BCUT2D eigenvalue weighted by Gasteiger charge is -2.34. The molecule has 0 atom stereocenters. The number of ether oxygens (including phenoxy) is 1. The van der Waals surface area contributed by atoms with E-state index in [-0.39, 0.29) is 11.6 Å². The summed E-state index contributed by atoms with van der Waals surface area (Å²) in [5.74, 6) is -0.481. The van der Waals surface area contributed by atoms with Crippen molar-refractivity contribution in [3.05, 3.63) is 78.0 Å². The van der Waals surface area contributed by atoms with Crippen LogP contribution >= 0.6 is 0 Å². The van der Waals surface area contributed by atoms with Crippen LogP contribution in [-0.4, -0.2) is 42.6 Å². The van der Waals surface area contributed by atoms with Crippen molar-refractivity contribution in [1.29, 1.82) is 0 Å². The summed E-state index contributed by atoms with van der Waals surface area (Å²) < 4.78 is 34.3. The quantitative estimate of drug-likeness (QED) is 0.217. The van der Waals surface area contributed by atoms with E-state index in [1.807, 2.05) is 18.2 Å². The Hall–Kier alpha value is -4.04. The average Bonchev–Trinajstić information content (AvgIpc) is 2.89. The summed E-state index contributed by atoms with van der Waals surface area (Å²) in [4.78, 5) is 6.92. The Labute approximate surface area is 207 Å². The molecule has 8 heteroatoms. The number of piperidine rings is 1. The van der Waals surface area contributed by atoms with Gasteiger partial charge in [-0.2, -0.15) is 0 Å². The zero-order valence-corrected chi connectivity index (χ0v) is 19.8. The average molecular weight is 489 g/mol. The number of fused-ring (bicyclic) bond motifs is 1. The fourth-order valence-corrected chi connectivity index (χ4v) is 4.83. The maximum absolute atomic E-state index is 14.6. The summed E-state index contributed by atoms with van der Waals surface area (Å²) in [5.41, 5.74) is 10.8. The van der Waals surface area contributed by atoms with Gasteiger partial charge in [0.2, 0.25) is 0 Å². The predicted molar refractivity (Wildman–Crippen MR) is 138 cm³/mol. The van der Waals surface area contributed by atoms with Gasteiger partial charge in [0.05, 0.1) is 24.5 Å². The Morgan fingerprint density at radius 2 is 1.86 bits per heavy atom. The fraction of sp³-hybridized carbons (Fsp3) is 0.214. The Morgan fingerprint density at radius 3 is 2.61 bits per heavy atom. The van der Waals surface area contributed by atoms with Crippen molar-refractivity contribution < 1.29 is 18.7 Å².